The van der Waals surface area contributed by atoms with Crippen molar-refractivity contribution in [3.05, 3.63) is 28.8 Å². The molecule has 0 aromatic carbocycles. The number of aliphatic hydroxyl groups is 1. The molecule has 3 rings (SSSR count). The van der Waals surface area contributed by atoms with E-state index in [9.17, 15) is 27.9 Å². The predicted molar refractivity (Wildman–Crippen MR) is 109 cm³/mol. The van der Waals surface area contributed by atoms with Gasteiger partial charge in [-0.25, -0.2) is 14.8 Å². The SMILES string of the molecule is Cn1ccnc1C(O)(CC(=O)Nc1nc2c(s1)CN(C(=O)OC(C)(C)C)CC2)C(F)(F)F. The molecule has 0 bridgehead atoms. The third-order valence-electron chi connectivity index (χ3n) is 4.71. The molecule has 0 spiro atoms. The summed E-state index contributed by atoms with van der Waals surface area (Å²) in [7, 11) is 1.29. The third-order valence-corrected chi connectivity index (χ3v) is 5.70. The van der Waals surface area contributed by atoms with Crippen LogP contribution in [0.2, 0.25) is 0 Å². The van der Waals surface area contributed by atoms with Crippen LogP contribution in [-0.2, 0) is 35.1 Å². The molecule has 1 aliphatic rings. The summed E-state index contributed by atoms with van der Waals surface area (Å²) in [6, 6.07) is 0. The second-order valence-electron chi connectivity index (χ2n) is 8.49. The molecule has 2 aromatic heterocycles. The minimum absolute atomic E-state index is 0.0930. The normalized spacial score (nSPS) is 16.3. The number of amides is 2. The Hall–Kier alpha value is -2.67. The van der Waals surface area contributed by atoms with Crippen LogP contribution < -0.4 is 5.32 Å². The van der Waals surface area contributed by atoms with Crippen molar-refractivity contribution in [3.63, 3.8) is 0 Å². The average molecular weight is 475 g/mol. The zero-order valence-corrected chi connectivity index (χ0v) is 18.8. The van der Waals surface area contributed by atoms with Crippen LogP contribution >= 0.6 is 11.3 Å². The minimum atomic E-state index is -5.13. The lowest BCUT2D eigenvalue weighted by Crippen LogP contribution is -2.46. The van der Waals surface area contributed by atoms with Crippen molar-refractivity contribution in [2.24, 2.45) is 7.05 Å². The number of carbonyl (C=O) groups is 2. The molecule has 1 aliphatic heterocycles. The number of nitrogens with zero attached hydrogens (tertiary/aromatic N) is 4. The number of hydrogen-bond donors (Lipinski definition) is 2. The number of hydrogen-bond acceptors (Lipinski definition) is 7. The molecule has 2 aromatic rings. The number of aryl methyl sites for hydroxylation is 1. The zero-order chi connectivity index (χ0) is 23.9. The van der Waals surface area contributed by atoms with Crippen LogP contribution in [0.1, 0.15) is 43.6 Å². The lowest BCUT2D eigenvalue weighted by atomic mass is 9.97. The lowest BCUT2D eigenvalue weighted by Gasteiger charge is -2.29. The fraction of sp³-hybridized carbons (Fsp3) is 0.579. The van der Waals surface area contributed by atoms with Gasteiger partial charge < -0.3 is 24.6 Å². The van der Waals surface area contributed by atoms with E-state index in [1.165, 1.54) is 18.1 Å². The maximum absolute atomic E-state index is 13.6. The quantitative estimate of drug-likeness (QED) is 0.704. The van der Waals surface area contributed by atoms with Gasteiger partial charge in [0.15, 0.2) is 11.0 Å². The van der Waals surface area contributed by atoms with Crippen LogP contribution in [0, 0.1) is 0 Å². The Bertz CT molecular complexity index is 1010. The third kappa shape index (κ3) is 5.04. The summed E-state index contributed by atoms with van der Waals surface area (Å²) in [6.45, 7) is 5.86. The van der Waals surface area contributed by atoms with Crippen LogP contribution in [0.5, 0.6) is 0 Å². The molecule has 0 aliphatic carbocycles. The Morgan fingerprint density at radius 3 is 2.56 bits per heavy atom. The van der Waals surface area contributed by atoms with E-state index in [1.807, 2.05) is 0 Å². The van der Waals surface area contributed by atoms with Crippen molar-refractivity contribution in [1.82, 2.24) is 19.4 Å². The Morgan fingerprint density at radius 1 is 1.31 bits per heavy atom. The largest absolute Gasteiger partial charge is 0.444 e. The topological polar surface area (TPSA) is 110 Å². The van der Waals surface area contributed by atoms with E-state index in [1.54, 1.807) is 20.8 Å². The highest BCUT2D eigenvalue weighted by Gasteiger charge is 2.58. The Morgan fingerprint density at radius 2 is 2.00 bits per heavy atom. The van der Waals surface area contributed by atoms with Crippen LogP contribution in [0.4, 0.5) is 23.1 Å². The highest BCUT2D eigenvalue weighted by atomic mass is 32.1. The monoisotopic (exact) mass is 475 g/mol. The molecular weight excluding hydrogens is 451 g/mol. The highest BCUT2D eigenvalue weighted by molar-refractivity contribution is 7.15. The number of ether oxygens (including phenoxy) is 1. The summed E-state index contributed by atoms with van der Waals surface area (Å²) >= 11 is 1.06. The molecule has 176 valence electrons. The molecule has 9 nitrogen and oxygen atoms in total. The van der Waals surface area contributed by atoms with Crippen LogP contribution in [0.25, 0.3) is 0 Å². The van der Waals surface area contributed by atoms with Crippen LogP contribution in [-0.4, -0.2) is 54.9 Å². The molecule has 2 amide bonds. The smallest absolute Gasteiger partial charge is 0.425 e. The first kappa shape index (κ1) is 24.0. The molecule has 3 heterocycles. The maximum Gasteiger partial charge on any atom is 0.425 e. The fourth-order valence-electron chi connectivity index (χ4n) is 3.20. The summed E-state index contributed by atoms with van der Waals surface area (Å²) in [4.78, 5) is 34.7. The van der Waals surface area contributed by atoms with Crippen molar-refractivity contribution < 1.29 is 32.6 Å². The maximum atomic E-state index is 13.6. The first-order chi connectivity index (χ1) is 14.7. The molecule has 0 fully saturated rings. The van der Waals surface area contributed by atoms with Gasteiger partial charge in [0, 0.05) is 37.3 Å². The fourth-order valence-corrected chi connectivity index (χ4v) is 4.24. The molecule has 1 atom stereocenters. The van der Waals surface area contributed by atoms with Gasteiger partial charge >= 0.3 is 12.3 Å². The van der Waals surface area contributed by atoms with E-state index < -0.39 is 41.6 Å². The van der Waals surface area contributed by atoms with Gasteiger partial charge in [-0.3, -0.25) is 4.79 Å². The molecule has 13 heteroatoms. The summed E-state index contributed by atoms with van der Waals surface area (Å²) < 4.78 is 47.2. The average Bonchev–Trinajstić information content (AvgIpc) is 3.23. The number of fused-ring (bicyclic) bond motifs is 1. The molecule has 0 radical (unpaired) electrons. The van der Waals surface area contributed by atoms with Gasteiger partial charge in [-0.2, -0.15) is 13.2 Å². The number of rotatable bonds is 4. The van der Waals surface area contributed by atoms with Gasteiger partial charge in [-0.15, -0.1) is 0 Å². The predicted octanol–water partition coefficient (Wildman–Crippen LogP) is 2.95. The molecule has 32 heavy (non-hydrogen) atoms. The molecule has 1 unspecified atom stereocenters. The van der Waals surface area contributed by atoms with E-state index in [4.69, 9.17) is 4.74 Å². The standard InChI is InChI=1S/C19H24F3N5O4S/c1-17(2,3)31-16(29)27-7-5-11-12(10-27)32-15(24-11)25-13(28)9-18(30,19(20,21)22)14-23-6-8-26(14)4/h6,8,30H,5,7,9-10H2,1-4H3,(H,24,25,28). The van der Waals surface area contributed by atoms with Gasteiger partial charge in [-0.1, -0.05) is 11.3 Å². The van der Waals surface area contributed by atoms with Gasteiger partial charge in [0.2, 0.25) is 11.5 Å². The van der Waals surface area contributed by atoms with Crippen molar-refractivity contribution in [1.29, 1.82) is 0 Å². The summed E-state index contributed by atoms with van der Waals surface area (Å²) in [5.74, 6) is -1.76. The van der Waals surface area contributed by atoms with Gasteiger partial charge in [0.1, 0.15) is 5.60 Å². The Kier molecular flexibility index (Phi) is 6.26. The Balaban J connectivity index is 1.71. The van der Waals surface area contributed by atoms with E-state index in [0.29, 0.717) is 23.5 Å². The first-order valence-corrected chi connectivity index (χ1v) is 10.5. The number of imidazole rings is 1. The number of thiazole rings is 1. The summed E-state index contributed by atoms with van der Waals surface area (Å²) in [5, 5.41) is 12.8. The molecule has 0 saturated heterocycles. The number of anilines is 1. The van der Waals surface area contributed by atoms with Gasteiger partial charge in [0.25, 0.3) is 0 Å². The molecular formula is C19H24F3N5O4S. The first-order valence-electron chi connectivity index (χ1n) is 9.73. The number of halogens is 3. The van der Waals surface area contributed by atoms with Crippen LogP contribution in [0.15, 0.2) is 12.4 Å². The van der Waals surface area contributed by atoms with Gasteiger partial charge in [-0.05, 0) is 20.8 Å². The number of carbonyl (C=O) groups excluding carboxylic acids is 2. The second-order valence-corrected chi connectivity index (χ2v) is 9.57. The van der Waals surface area contributed by atoms with Crippen LogP contribution in [0.3, 0.4) is 0 Å². The van der Waals surface area contributed by atoms with Crippen molar-refractivity contribution in [2.75, 3.05) is 11.9 Å². The van der Waals surface area contributed by atoms with Crippen molar-refractivity contribution >= 4 is 28.5 Å². The minimum Gasteiger partial charge on any atom is -0.444 e. The molecule has 2 N–H and O–H groups in total. The Labute approximate surface area is 186 Å². The number of aromatic nitrogens is 3. The number of nitrogens with one attached hydrogen (secondary N) is 1. The molecule has 0 saturated carbocycles. The zero-order valence-electron chi connectivity index (χ0n) is 18.0. The highest BCUT2D eigenvalue weighted by Crippen LogP contribution is 2.41. The summed E-state index contributed by atoms with van der Waals surface area (Å²) in [6.07, 6.45) is -4.12. The second kappa shape index (κ2) is 8.35. The van der Waals surface area contributed by atoms with Crippen molar-refractivity contribution in [2.45, 2.75) is 57.5 Å². The number of alkyl halides is 3. The van der Waals surface area contributed by atoms with E-state index in [2.05, 4.69) is 15.3 Å². The van der Waals surface area contributed by atoms with E-state index in [-0.39, 0.29) is 11.7 Å². The van der Waals surface area contributed by atoms with E-state index >= 15 is 0 Å². The van der Waals surface area contributed by atoms with Gasteiger partial charge in [0.05, 0.1) is 18.7 Å². The lowest BCUT2D eigenvalue weighted by molar-refractivity contribution is -0.270. The summed E-state index contributed by atoms with van der Waals surface area (Å²) in [5.41, 5.74) is -3.45. The van der Waals surface area contributed by atoms with E-state index in [0.717, 1.165) is 22.1 Å². The van der Waals surface area contributed by atoms with Crippen molar-refractivity contribution in [3.8, 4) is 0 Å².